The molecule has 0 aliphatic carbocycles. The molecule has 0 aliphatic heterocycles. The summed E-state index contributed by atoms with van der Waals surface area (Å²) >= 11 is 0. The molecule has 3 atom stereocenters. The highest BCUT2D eigenvalue weighted by atomic mass is 32.2. The molecule has 6 heteroatoms. The number of rotatable bonds is 11. The van der Waals surface area contributed by atoms with E-state index in [9.17, 15) is 13.2 Å². The monoisotopic (exact) mass is 310 g/mol. The average molecular weight is 310 g/mol. The average Bonchev–Trinajstić information content (AvgIpc) is 2.38. The molecular weight excluding hydrogens is 284 g/mol. The van der Waals surface area contributed by atoms with Crippen molar-refractivity contribution in [3.05, 3.63) is 0 Å². The highest BCUT2D eigenvalue weighted by Crippen LogP contribution is 2.06. The van der Waals surface area contributed by atoms with Gasteiger partial charge in [-0.2, -0.15) is 0 Å². The highest BCUT2D eigenvalue weighted by Gasteiger charge is 2.20. The standard InChI is InChI=1S/C13H26O4S2/c1-4-6-8-18(15)11-13(10-17-12(3)14)19(16)9-7-5-2/h13H,4-11H2,1-3H3/t13-,18-,19-/m0/s1. The number of ether oxygens (including phenoxy) is 1. The molecule has 4 nitrogen and oxygen atoms in total. The normalized spacial score (nSPS) is 15.7. The van der Waals surface area contributed by atoms with Crippen molar-refractivity contribution < 1.29 is 17.9 Å². The second-order valence-electron chi connectivity index (χ2n) is 4.53. The molecule has 0 rings (SSSR count). The van der Waals surface area contributed by atoms with Crippen LogP contribution in [0.1, 0.15) is 46.5 Å². The van der Waals surface area contributed by atoms with Gasteiger partial charge in [0.1, 0.15) is 6.61 Å². The number of hydrogen-bond acceptors (Lipinski definition) is 4. The molecular formula is C13H26O4S2. The van der Waals surface area contributed by atoms with Gasteiger partial charge in [-0.05, 0) is 12.8 Å². The van der Waals surface area contributed by atoms with Crippen molar-refractivity contribution in [1.29, 1.82) is 0 Å². The van der Waals surface area contributed by atoms with Gasteiger partial charge in [-0.15, -0.1) is 0 Å². The Morgan fingerprint density at radius 2 is 1.68 bits per heavy atom. The van der Waals surface area contributed by atoms with E-state index in [0.29, 0.717) is 17.3 Å². The van der Waals surface area contributed by atoms with Gasteiger partial charge in [0.15, 0.2) is 0 Å². The van der Waals surface area contributed by atoms with Crippen LogP contribution in [-0.2, 0) is 31.1 Å². The Balaban J connectivity index is 4.34. The van der Waals surface area contributed by atoms with Crippen LogP contribution in [0.4, 0.5) is 0 Å². The summed E-state index contributed by atoms with van der Waals surface area (Å²) < 4.78 is 28.9. The summed E-state index contributed by atoms with van der Waals surface area (Å²) in [4.78, 5) is 10.8. The van der Waals surface area contributed by atoms with Gasteiger partial charge in [-0.3, -0.25) is 13.2 Å². The lowest BCUT2D eigenvalue weighted by Crippen LogP contribution is -2.31. The zero-order valence-corrected chi connectivity index (χ0v) is 13.8. The van der Waals surface area contributed by atoms with Crippen molar-refractivity contribution in [1.82, 2.24) is 0 Å². The molecule has 0 aromatic rings. The molecule has 0 unspecified atom stereocenters. The van der Waals surface area contributed by atoms with Gasteiger partial charge in [0, 0.05) is 45.8 Å². The quantitative estimate of drug-likeness (QED) is 0.548. The number of carbonyl (C=O) groups excluding carboxylic acids is 1. The first kappa shape index (κ1) is 18.8. The largest absolute Gasteiger partial charge is 0.465 e. The molecule has 0 radical (unpaired) electrons. The molecule has 0 fully saturated rings. The van der Waals surface area contributed by atoms with Crippen LogP contribution in [0.2, 0.25) is 0 Å². The van der Waals surface area contributed by atoms with Crippen molar-refractivity contribution in [2.24, 2.45) is 0 Å². The topological polar surface area (TPSA) is 60.4 Å². The van der Waals surface area contributed by atoms with Crippen LogP contribution in [0, 0.1) is 0 Å². The van der Waals surface area contributed by atoms with Crippen LogP contribution in [-0.4, -0.2) is 43.5 Å². The minimum absolute atomic E-state index is 0.115. The molecule has 0 N–H and O–H groups in total. The van der Waals surface area contributed by atoms with Crippen molar-refractivity contribution >= 4 is 27.6 Å². The van der Waals surface area contributed by atoms with Crippen LogP contribution in [0.25, 0.3) is 0 Å². The number of hydrogen-bond donors (Lipinski definition) is 0. The lowest BCUT2D eigenvalue weighted by molar-refractivity contribution is -0.140. The van der Waals surface area contributed by atoms with E-state index in [-0.39, 0.29) is 17.8 Å². The Kier molecular flexibility index (Phi) is 11.4. The molecule has 0 amide bonds. The fourth-order valence-electron chi connectivity index (χ4n) is 1.46. The second-order valence-corrected chi connectivity index (χ2v) is 7.98. The van der Waals surface area contributed by atoms with Crippen LogP contribution in [0.5, 0.6) is 0 Å². The first-order chi connectivity index (χ1) is 9.01. The Morgan fingerprint density at radius 1 is 1.11 bits per heavy atom. The maximum Gasteiger partial charge on any atom is 0.302 e. The minimum Gasteiger partial charge on any atom is -0.465 e. The second kappa shape index (κ2) is 11.6. The fourth-order valence-corrected chi connectivity index (χ4v) is 4.94. The third-order valence-electron chi connectivity index (χ3n) is 2.64. The Labute approximate surface area is 121 Å². The van der Waals surface area contributed by atoms with Gasteiger partial charge in [-0.25, -0.2) is 0 Å². The highest BCUT2D eigenvalue weighted by molar-refractivity contribution is 7.89. The van der Waals surface area contributed by atoms with E-state index in [1.807, 2.05) is 13.8 Å². The third-order valence-corrected chi connectivity index (χ3v) is 6.11. The van der Waals surface area contributed by atoms with E-state index in [1.165, 1.54) is 6.92 Å². The maximum atomic E-state index is 12.1. The summed E-state index contributed by atoms with van der Waals surface area (Å²) in [7, 11) is -2.05. The lowest BCUT2D eigenvalue weighted by Gasteiger charge is -2.16. The predicted octanol–water partition coefficient (Wildman–Crippen LogP) is 2.02. The summed E-state index contributed by atoms with van der Waals surface area (Å²) in [6.07, 6.45) is 3.77. The molecule has 0 aliphatic rings. The summed E-state index contributed by atoms with van der Waals surface area (Å²) in [5.74, 6) is 1.21. The molecule has 0 saturated carbocycles. The van der Waals surface area contributed by atoms with Crippen molar-refractivity contribution in [3.63, 3.8) is 0 Å². The molecule has 19 heavy (non-hydrogen) atoms. The van der Waals surface area contributed by atoms with Crippen LogP contribution < -0.4 is 0 Å². The van der Waals surface area contributed by atoms with Crippen molar-refractivity contribution in [3.8, 4) is 0 Å². The van der Waals surface area contributed by atoms with Gasteiger partial charge in [0.2, 0.25) is 0 Å². The van der Waals surface area contributed by atoms with E-state index in [1.54, 1.807) is 0 Å². The van der Waals surface area contributed by atoms with E-state index in [4.69, 9.17) is 4.74 Å². The third kappa shape index (κ3) is 10.2. The van der Waals surface area contributed by atoms with Gasteiger partial charge in [0.25, 0.3) is 0 Å². The molecule has 0 bridgehead atoms. The van der Waals surface area contributed by atoms with E-state index >= 15 is 0 Å². The van der Waals surface area contributed by atoms with Gasteiger partial charge in [0.05, 0.1) is 5.25 Å². The van der Waals surface area contributed by atoms with E-state index < -0.39 is 21.6 Å². The van der Waals surface area contributed by atoms with Crippen molar-refractivity contribution in [2.45, 2.75) is 51.7 Å². The maximum absolute atomic E-state index is 12.1. The zero-order valence-electron chi connectivity index (χ0n) is 12.2. The van der Waals surface area contributed by atoms with Gasteiger partial charge >= 0.3 is 5.97 Å². The Bertz CT molecular complexity index is 305. The summed E-state index contributed by atoms with van der Waals surface area (Å²) in [5.41, 5.74) is 0. The summed E-state index contributed by atoms with van der Waals surface area (Å²) in [6, 6.07) is 0. The Hall–Kier alpha value is -0.230. The Morgan fingerprint density at radius 3 is 2.21 bits per heavy atom. The lowest BCUT2D eigenvalue weighted by atomic mass is 10.4. The zero-order chi connectivity index (χ0) is 14.7. The van der Waals surface area contributed by atoms with Crippen LogP contribution in [0.15, 0.2) is 0 Å². The van der Waals surface area contributed by atoms with Gasteiger partial charge in [-0.1, -0.05) is 26.7 Å². The predicted molar refractivity (Wildman–Crippen MR) is 81.1 cm³/mol. The van der Waals surface area contributed by atoms with Crippen molar-refractivity contribution in [2.75, 3.05) is 23.9 Å². The number of carbonyl (C=O) groups is 1. The minimum atomic E-state index is -1.07. The van der Waals surface area contributed by atoms with Crippen LogP contribution in [0.3, 0.4) is 0 Å². The fraction of sp³-hybridized carbons (Fsp3) is 0.923. The SMILES string of the molecule is CCCC[S@](=O)C[C@H](COC(C)=O)[S@@](=O)CCCC. The summed E-state index contributed by atoms with van der Waals surface area (Å²) in [6.45, 7) is 5.54. The molecule has 0 heterocycles. The molecule has 0 saturated heterocycles. The van der Waals surface area contributed by atoms with Gasteiger partial charge < -0.3 is 4.74 Å². The first-order valence-electron chi connectivity index (χ1n) is 6.86. The smallest absolute Gasteiger partial charge is 0.302 e. The molecule has 0 spiro atoms. The molecule has 0 aromatic heterocycles. The molecule has 114 valence electrons. The number of unbranched alkanes of at least 4 members (excludes halogenated alkanes) is 2. The molecule has 0 aromatic carbocycles. The summed E-state index contributed by atoms with van der Waals surface area (Å²) in [5, 5.41) is -0.298. The first-order valence-corrected chi connectivity index (χ1v) is 9.73. The van der Waals surface area contributed by atoms with E-state index in [2.05, 4.69) is 0 Å². The number of esters is 1. The van der Waals surface area contributed by atoms with Crippen LogP contribution >= 0.6 is 0 Å². The van der Waals surface area contributed by atoms with E-state index in [0.717, 1.165) is 25.7 Å².